The zero-order valence-corrected chi connectivity index (χ0v) is 14.1. The number of pyridine rings is 1. The number of aryl methyl sites for hydroxylation is 2. The first kappa shape index (κ1) is 16.6. The SMILES string of the molecule is CC(=O)c1cc(C(=O)OCc2cc(=O)n3cccc(C)c3n2)n(C)c1. The molecule has 0 aliphatic carbocycles. The number of Topliss-reactive ketones (excluding diaryl/α,β-unsaturated/α-hetero) is 1. The predicted molar refractivity (Wildman–Crippen MR) is 90.7 cm³/mol. The Bertz CT molecular complexity index is 1050. The largest absolute Gasteiger partial charge is 0.455 e. The monoisotopic (exact) mass is 339 g/mol. The average molecular weight is 339 g/mol. The lowest BCUT2D eigenvalue weighted by Gasteiger charge is -2.07. The Kier molecular flexibility index (Phi) is 4.22. The predicted octanol–water partition coefficient (Wildman–Crippen LogP) is 1.90. The molecule has 0 bridgehead atoms. The lowest BCUT2D eigenvalue weighted by atomic mass is 10.2. The second-order valence-electron chi connectivity index (χ2n) is 5.83. The Morgan fingerprint density at radius 2 is 2.04 bits per heavy atom. The first-order valence-electron chi connectivity index (χ1n) is 7.69. The molecule has 3 rings (SSSR count). The first-order valence-corrected chi connectivity index (χ1v) is 7.69. The van der Waals surface area contributed by atoms with Crippen LogP contribution in [0.25, 0.3) is 5.65 Å². The molecular formula is C18H17N3O4. The molecule has 0 aromatic carbocycles. The highest BCUT2D eigenvalue weighted by Crippen LogP contribution is 2.11. The number of nitrogens with zero attached hydrogens (tertiary/aromatic N) is 3. The van der Waals surface area contributed by atoms with Crippen molar-refractivity contribution in [2.75, 3.05) is 0 Å². The van der Waals surface area contributed by atoms with Crippen LogP contribution in [0.4, 0.5) is 0 Å². The first-order chi connectivity index (χ1) is 11.9. The van der Waals surface area contributed by atoms with E-state index in [9.17, 15) is 14.4 Å². The molecule has 25 heavy (non-hydrogen) atoms. The minimum absolute atomic E-state index is 0.126. The number of ketones is 1. The molecule has 0 radical (unpaired) electrons. The van der Waals surface area contributed by atoms with Crippen molar-refractivity contribution in [3.63, 3.8) is 0 Å². The van der Waals surface area contributed by atoms with Gasteiger partial charge in [-0.1, -0.05) is 6.07 Å². The van der Waals surface area contributed by atoms with Gasteiger partial charge in [0.25, 0.3) is 5.56 Å². The van der Waals surface area contributed by atoms with Crippen LogP contribution in [0.15, 0.2) is 41.5 Å². The maximum Gasteiger partial charge on any atom is 0.355 e. The van der Waals surface area contributed by atoms with E-state index in [4.69, 9.17) is 4.74 Å². The number of ether oxygens (including phenoxy) is 1. The molecule has 0 saturated heterocycles. The van der Waals surface area contributed by atoms with Crippen LogP contribution in [0, 0.1) is 6.92 Å². The summed E-state index contributed by atoms with van der Waals surface area (Å²) in [6, 6.07) is 6.45. The number of carbonyl (C=O) groups excluding carboxylic acids is 2. The number of carbonyl (C=O) groups is 2. The van der Waals surface area contributed by atoms with E-state index < -0.39 is 5.97 Å². The molecule has 0 N–H and O–H groups in total. The van der Waals surface area contributed by atoms with Gasteiger partial charge in [0.2, 0.25) is 0 Å². The van der Waals surface area contributed by atoms with Crippen LogP contribution in [0.5, 0.6) is 0 Å². The van der Waals surface area contributed by atoms with Crippen LogP contribution < -0.4 is 5.56 Å². The van der Waals surface area contributed by atoms with E-state index in [2.05, 4.69) is 4.98 Å². The molecule has 0 spiro atoms. The van der Waals surface area contributed by atoms with Crippen LogP contribution in [0.1, 0.15) is 39.0 Å². The van der Waals surface area contributed by atoms with Gasteiger partial charge in [0, 0.05) is 31.1 Å². The van der Waals surface area contributed by atoms with E-state index in [1.165, 1.54) is 28.0 Å². The number of rotatable bonds is 4. The Morgan fingerprint density at radius 1 is 1.28 bits per heavy atom. The number of hydrogen-bond acceptors (Lipinski definition) is 5. The van der Waals surface area contributed by atoms with Crippen LogP contribution in [0.2, 0.25) is 0 Å². The molecule has 7 heteroatoms. The molecule has 3 aromatic heterocycles. The summed E-state index contributed by atoms with van der Waals surface area (Å²) in [5.41, 5.74) is 2.21. The standard InChI is InChI=1S/C18H17N3O4/c1-11-5-4-6-21-16(23)8-14(19-17(11)21)10-25-18(24)15-7-13(12(2)22)9-20(15)3/h4-9H,10H2,1-3H3. The number of aromatic nitrogens is 3. The summed E-state index contributed by atoms with van der Waals surface area (Å²) in [6.07, 6.45) is 3.21. The van der Waals surface area contributed by atoms with Gasteiger partial charge in [-0.05, 0) is 31.5 Å². The molecule has 3 aromatic rings. The molecule has 3 heterocycles. The van der Waals surface area contributed by atoms with E-state index in [-0.39, 0.29) is 23.6 Å². The quantitative estimate of drug-likeness (QED) is 0.535. The van der Waals surface area contributed by atoms with Gasteiger partial charge in [0.1, 0.15) is 17.9 Å². The smallest absolute Gasteiger partial charge is 0.355 e. The van der Waals surface area contributed by atoms with Crippen molar-refractivity contribution in [1.29, 1.82) is 0 Å². The van der Waals surface area contributed by atoms with Crippen molar-refractivity contribution in [2.24, 2.45) is 7.05 Å². The number of fused-ring (bicyclic) bond motifs is 1. The zero-order chi connectivity index (χ0) is 18.1. The highest BCUT2D eigenvalue weighted by atomic mass is 16.5. The van der Waals surface area contributed by atoms with Crippen LogP contribution in [0.3, 0.4) is 0 Å². The number of hydrogen-bond donors (Lipinski definition) is 0. The van der Waals surface area contributed by atoms with Crippen LogP contribution >= 0.6 is 0 Å². The van der Waals surface area contributed by atoms with Gasteiger partial charge in [-0.15, -0.1) is 0 Å². The Hall–Kier alpha value is -3.22. The van der Waals surface area contributed by atoms with Crippen LogP contribution in [-0.2, 0) is 18.4 Å². The van der Waals surface area contributed by atoms with E-state index in [0.29, 0.717) is 16.9 Å². The van der Waals surface area contributed by atoms with Gasteiger partial charge in [-0.25, -0.2) is 9.78 Å². The van der Waals surface area contributed by atoms with Gasteiger partial charge >= 0.3 is 5.97 Å². The molecule has 0 unspecified atom stereocenters. The third kappa shape index (κ3) is 3.21. The summed E-state index contributed by atoms with van der Waals surface area (Å²) in [4.78, 5) is 40.1. The van der Waals surface area contributed by atoms with Crippen molar-refractivity contribution in [1.82, 2.24) is 14.0 Å². The third-order valence-corrected chi connectivity index (χ3v) is 3.91. The Morgan fingerprint density at radius 3 is 2.72 bits per heavy atom. The lowest BCUT2D eigenvalue weighted by Crippen LogP contribution is -2.17. The Balaban J connectivity index is 1.83. The summed E-state index contributed by atoms with van der Waals surface area (Å²) in [5.74, 6) is -0.712. The van der Waals surface area contributed by atoms with Crippen LogP contribution in [-0.4, -0.2) is 25.7 Å². The van der Waals surface area contributed by atoms with Crippen molar-refractivity contribution in [2.45, 2.75) is 20.5 Å². The highest BCUT2D eigenvalue weighted by Gasteiger charge is 2.16. The molecule has 0 aliphatic rings. The summed E-state index contributed by atoms with van der Waals surface area (Å²) in [7, 11) is 1.66. The summed E-state index contributed by atoms with van der Waals surface area (Å²) in [5, 5.41) is 0. The average Bonchev–Trinajstić information content (AvgIpc) is 2.96. The molecule has 0 saturated carbocycles. The summed E-state index contributed by atoms with van der Waals surface area (Å²) >= 11 is 0. The van der Waals surface area contributed by atoms with E-state index in [1.807, 2.05) is 13.0 Å². The van der Waals surface area contributed by atoms with Gasteiger partial charge < -0.3 is 9.30 Å². The summed E-state index contributed by atoms with van der Waals surface area (Å²) < 4.78 is 8.23. The van der Waals surface area contributed by atoms with Gasteiger partial charge in [0.15, 0.2) is 5.78 Å². The molecule has 0 amide bonds. The van der Waals surface area contributed by atoms with Crippen molar-refractivity contribution in [3.8, 4) is 0 Å². The molecule has 0 fully saturated rings. The second kappa shape index (κ2) is 6.35. The fraction of sp³-hybridized carbons (Fsp3) is 0.222. The lowest BCUT2D eigenvalue weighted by molar-refractivity contribution is 0.0456. The fourth-order valence-corrected chi connectivity index (χ4v) is 2.56. The molecular weight excluding hydrogens is 322 g/mol. The summed E-state index contributed by atoms with van der Waals surface area (Å²) in [6.45, 7) is 3.16. The molecule has 128 valence electrons. The minimum Gasteiger partial charge on any atom is -0.455 e. The molecule has 0 atom stereocenters. The maximum absolute atomic E-state index is 12.2. The Labute approximate surface area is 143 Å². The van der Waals surface area contributed by atoms with Crippen molar-refractivity contribution in [3.05, 3.63) is 69.5 Å². The maximum atomic E-state index is 12.2. The fourth-order valence-electron chi connectivity index (χ4n) is 2.56. The number of esters is 1. The second-order valence-corrected chi connectivity index (χ2v) is 5.83. The normalized spacial score (nSPS) is 10.8. The van der Waals surface area contributed by atoms with E-state index >= 15 is 0 Å². The van der Waals surface area contributed by atoms with Gasteiger partial charge in [-0.2, -0.15) is 0 Å². The molecule has 7 nitrogen and oxygen atoms in total. The zero-order valence-electron chi connectivity index (χ0n) is 14.1. The highest BCUT2D eigenvalue weighted by molar-refractivity contribution is 5.97. The van der Waals surface area contributed by atoms with Gasteiger partial charge in [-0.3, -0.25) is 14.0 Å². The van der Waals surface area contributed by atoms with E-state index in [0.717, 1.165) is 5.56 Å². The minimum atomic E-state index is -0.582. The van der Waals surface area contributed by atoms with Crippen molar-refractivity contribution < 1.29 is 14.3 Å². The third-order valence-electron chi connectivity index (χ3n) is 3.91. The topological polar surface area (TPSA) is 82.7 Å². The van der Waals surface area contributed by atoms with Crippen molar-refractivity contribution >= 4 is 17.4 Å². The van der Waals surface area contributed by atoms with E-state index in [1.54, 1.807) is 25.5 Å². The van der Waals surface area contributed by atoms with Gasteiger partial charge in [0.05, 0.1) is 5.69 Å². The molecule has 0 aliphatic heterocycles.